The molecule has 0 saturated carbocycles. The van der Waals surface area contributed by atoms with Crippen molar-refractivity contribution in [1.82, 2.24) is 19.2 Å². The summed E-state index contributed by atoms with van der Waals surface area (Å²) in [6.07, 6.45) is 5.18. The Labute approximate surface area is 182 Å². The Morgan fingerprint density at radius 2 is 1.97 bits per heavy atom. The van der Waals surface area contributed by atoms with Crippen molar-refractivity contribution in [3.63, 3.8) is 0 Å². The topological polar surface area (TPSA) is 103 Å². The van der Waals surface area contributed by atoms with Crippen LogP contribution in [0.3, 0.4) is 0 Å². The van der Waals surface area contributed by atoms with E-state index in [1.165, 1.54) is 10.6 Å². The number of H-pyrrole nitrogens is 1. The molecular formula is C22H28N4O4S. The van der Waals surface area contributed by atoms with Crippen molar-refractivity contribution in [2.24, 2.45) is 0 Å². The summed E-state index contributed by atoms with van der Waals surface area (Å²) in [6, 6.07) is 9.61. The fraction of sp³-hybridized carbons (Fsp3) is 0.500. The number of hydrogen-bond acceptors (Lipinski definition) is 5. The number of likely N-dealkylation sites (tertiary alicyclic amines) is 1. The minimum absolute atomic E-state index is 0.0479. The van der Waals surface area contributed by atoms with E-state index in [4.69, 9.17) is 0 Å². The number of nitrogens with zero attached hydrogens (tertiary/aromatic N) is 3. The number of benzene rings is 1. The Morgan fingerprint density at radius 1 is 1.19 bits per heavy atom. The average molecular weight is 445 g/mol. The number of hydrogen-bond donors (Lipinski definition) is 1. The lowest BCUT2D eigenvalue weighted by Gasteiger charge is -2.36. The molecule has 8 nitrogen and oxygen atoms in total. The van der Waals surface area contributed by atoms with Gasteiger partial charge in [0.1, 0.15) is 5.82 Å². The van der Waals surface area contributed by atoms with Gasteiger partial charge in [-0.15, -0.1) is 0 Å². The molecule has 2 aromatic rings. The normalized spacial score (nSPS) is 19.8. The molecule has 2 aliphatic rings. The number of aromatic nitrogens is 2. The standard InChI is InChI=1S/C22H28N4O4S/c1-31(29,30)25-14-12-17-18(15-25)23-21(24-22(17)28)19-9-5-6-13-26(19)20(27)11-10-16-7-3-2-4-8-16/h2-4,7-8,19H,5-6,9-15H2,1H3,(H,23,24,28)/t19-/m1/s1. The number of amides is 1. The lowest BCUT2D eigenvalue weighted by Crippen LogP contribution is -2.42. The maximum atomic E-state index is 13.0. The summed E-state index contributed by atoms with van der Waals surface area (Å²) in [5.41, 5.74) is 1.93. The Kier molecular flexibility index (Phi) is 6.24. The van der Waals surface area contributed by atoms with Crippen molar-refractivity contribution in [3.8, 4) is 0 Å². The Bertz CT molecular complexity index is 1110. The first-order valence-corrected chi connectivity index (χ1v) is 12.6. The molecule has 3 heterocycles. The first kappa shape index (κ1) is 21.7. The number of aromatic amines is 1. The zero-order valence-corrected chi connectivity index (χ0v) is 18.5. The lowest BCUT2D eigenvalue weighted by molar-refractivity contribution is -0.135. The molecule has 31 heavy (non-hydrogen) atoms. The van der Waals surface area contributed by atoms with Crippen LogP contribution in [0.4, 0.5) is 0 Å². The largest absolute Gasteiger partial charge is 0.333 e. The molecule has 0 unspecified atom stereocenters. The predicted octanol–water partition coefficient (Wildman–Crippen LogP) is 1.77. The smallest absolute Gasteiger partial charge is 0.254 e. The summed E-state index contributed by atoms with van der Waals surface area (Å²) >= 11 is 0. The van der Waals surface area contributed by atoms with Gasteiger partial charge in [0.2, 0.25) is 15.9 Å². The first-order valence-electron chi connectivity index (χ1n) is 10.7. The van der Waals surface area contributed by atoms with Crippen LogP contribution in [-0.4, -0.2) is 52.8 Å². The van der Waals surface area contributed by atoms with Crippen molar-refractivity contribution in [2.45, 2.75) is 51.1 Å². The molecule has 1 aromatic heterocycles. The molecule has 1 fully saturated rings. The summed E-state index contributed by atoms with van der Waals surface area (Å²) < 4.78 is 25.3. The van der Waals surface area contributed by atoms with E-state index >= 15 is 0 Å². The molecule has 0 bridgehead atoms. The Balaban J connectivity index is 1.56. The monoisotopic (exact) mass is 444 g/mol. The van der Waals surface area contributed by atoms with Crippen LogP contribution < -0.4 is 5.56 Å². The minimum Gasteiger partial charge on any atom is -0.333 e. The summed E-state index contributed by atoms with van der Waals surface area (Å²) in [6.45, 7) is 1.01. The van der Waals surface area contributed by atoms with Crippen LogP contribution in [-0.2, 0) is 34.2 Å². The van der Waals surface area contributed by atoms with E-state index < -0.39 is 10.0 Å². The number of nitrogens with one attached hydrogen (secondary N) is 1. The molecular weight excluding hydrogens is 416 g/mol. The van der Waals surface area contributed by atoms with Gasteiger partial charge in [-0.05, 0) is 37.7 Å². The van der Waals surface area contributed by atoms with Crippen LogP contribution in [0.25, 0.3) is 0 Å². The highest BCUT2D eigenvalue weighted by molar-refractivity contribution is 7.88. The molecule has 0 aliphatic carbocycles. The van der Waals surface area contributed by atoms with Crippen LogP contribution in [0.15, 0.2) is 35.1 Å². The second-order valence-corrected chi connectivity index (χ2v) is 10.3. The number of aryl methyl sites for hydroxylation is 1. The summed E-state index contributed by atoms with van der Waals surface area (Å²) in [7, 11) is -3.36. The fourth-order valence-electron chi connectivity index (χ4n) is 4.43. The molecule has 0 spiro atoms. The van der Waals surface area contributed by atoms with Gasteiger partial charge in [0.25, 0.3) is 5.56 Å². The van der Waals surface area contributed by atoms with Crippen molar-refractivity contribution in [3.05, 3.63) is 63.3 Å². The number of carbonyl (C=O) groups excluding carboxylic acids is 1. The van der Waals surface area contributed by atoms with Crippen molar-refractivity contribution < 1.29 is 13.2 Å². The lowest BCUT2D eigenvalue weighted by atomic mass is 9.99. The highest BCUT2D eigenvalue weighted by Gasteiger charge is 2.32. The molecule has 4 rings (SSSR count). The Morgan fingerprint density at radius 3 is 2.71 bits per heavy atom. The van der Waals surface area contributed by atoms with Crippen LogP contribution in [0, 0.1) is 0 Å². The van der Waals surface area contributed by atoms with E-state index in [9.17, 15) is 18.0 Å². The van der Waals surface area contributed by atoms with Gasteiger partial charge < -0.3 is 9.88 Å². The van der Waals surface area contributed by atoms with Gasteiger partial charge in [-0.2, -0.15) is 4.31 Å². The van der Waals surface area contributed by atoms with Gasteiger partial charge in [0.05, 0.1) is 24.5 Å². The highest BCUT2D eigenvalue weighted by atomic mass is 32.2. The molecule has 1 atom stereocenters. The molecule has 0 radical (unpaired) electrons. The van der Waals surface area contributed by atoms with E-state index in [2.05, 4.69) is 9.97 Å². The highest BCUT2D eigenvalue weighted by Crippen LogP contribution is 2.30. The minimum atomic E-state index is -3.36. The van der Waals surface area contributed by atoms with Gasteiger partial charge in [-0.3, -0.25) is 9.59 Å². The summed E-state index contributed by atoms with van der Waals surface area (Å²) in [5.74, 6) is 0.513. The second kappa shape index (κ2) is 8.92. The van der Waals surface area contributed by atoms with E-state index in [0.717, 1.165) is 24.8 Å². The quantitative estimate of drug-likeness (QED) is 0.757. The number of piperidine rings is 1. The fourth-order valence-corrected chi connectivity index (χ4v) is 5.21. The van der Waals surface area contributed by atoms with Crippen molar-refractivity contribution in [2.75, 3.05) is 19.3 Å². The third-order valence-corrected chi connectivity index (χ3v) is 7.38. The van der Waals surface area contributed by atoms with E-state index in [0.29, 0.717) is 42.9 Å². The molecule has 2 aliphatic heterocycles. The molecule has 166 valence electrons. The van der Waals surface area contributed by atoms with Crippen molar-refractivity contribution >= 4 is 15.9 Å². The van der Waals surface area contributed by atoms with Gasteiger partial charge >= 0.3 is 0 Å². The number of rotatable bonds is 5. The molecule has 1 saturated heterocycles. The zero-order chi connectivity index (χ0) is 22.0. The summed E-state index contributed by atoms with van der Waals surface area (Å²) in [5, 5.41) is 0. The van der Waals surface area contributed by atoms with Crippen LogP contribution >= 0.6 is 0 Å². The third-order valence-electron chi connectivity index (χ3n) is 6.13. The number of carbonyl (C=O) groups is 1. The van der Waals surface area contributed by atoms with Gasteiger partial charge in [0, 0.05) is 25.1 Å². The summed E-state index contributed by atoms with van der Waals surface area (Å²) in [4.78, 5) is 35.1. The molecule has 9 heteroatoms. The van der Waals surface area contributed by atoms with Crippen LogP contribution in [0.2, 0.25) is 0 Å². The van der Waals surface area contributed by atoms with Crippen molar-refractivity contribution in [1.29, 1.82) is 0 Å². The molecule has 1 N–H and O–H groups in total. The zero-order valence-electron chi connectivity index (χ0n) is 17.7. The van der Waals surface area contributed by atoms with Gasteiger partial charge in [0.15, 0.2) is 0 Å². The van der Waals surface area contributed by atoms with E-state index in [-0.39, 0.29) is 30.6 Å². The Hall–Kier alpha value is -2.52. The van der Waals surface area contributed by atoms with Gasteiger partial charge in [-0.25, -0.2) is 13.4 Å². The molecule has 1 amide bonds. The maximum absolute atomic E-state index is 13.0. The predicted molar refractivity (Wildman–Crippen MR) is 117 cm³/mol. The number of sulfonamides is 1. The van der Waals surface area contributed by atoms with Crippen LogP contribution in [0.5, 0.6) is 0 Å². The van der Waals surface area contributed by atoms with E-state index in [1.54, 1.807) is 0 Å². The average Bonchev–Trinajstić information content (AvgIpc) is 2.77. The van der Waals surface area contributed by atoms with Gasteiger partial charge in [-0.1, -0.05) is 30.3 Å². The second-order valence-electron chi connectivity index (χ2n) is 8.31. The first-order chi connectivity index (χ1) is 14.8. The SMILES string of the molecule is CS(=O)(=O)N1CCc2c(nc([C@H]3CCCCN3C(=O)CCc3ccccc3)[nH]c2=O)C1. The van der Waals surface area contributed by atoms with Crippen LogP contribution in [0.1, 0.15) is 54.4 Å². The van der Waals surface area contributed by atoms with E-state index in [1.807, 2.05) is 35.2 Å². The number of fused-ring (bicyclic) bond motifs is 1. The molecule has 1 aromatic carbocycles. The maximum Gasteiger partial charge on any atom is 0.254 e. The third kappa shape index (κ3) is 4.88.